The van der Waals surface area contributed by atoms with Gasteiger partial charge in [-0.25, -0.2) is 0 Å². The lowest BCUT2D eigenvalue weighted by Gasteiger charge is -2.40. The predicted octanol–water partition coefficient (Wildman–Crippen LogP) is 8.69. The average Bonchev–Trinajstić information content (AvgIpc) is 2.92. The van der Waals surface area contributed by atoms with Crippen molar-refractivity contribution in [2.24, 2.45) is 11.8 Å². The highest BCUT2D eigenvalue weighted by molar-refractivity contribution is 6.74. The van der Waals surface area contributed by atoms with Gasteiger partial charge in [-0.05, 0) is 49.1 Å². The number of hydrogen-bond donors (Lipinski definition) is 0. The fraction of sp³-hybridized carbons (Fsp3) is 0.821. The minimum absolute atomic E-state index is 0.0299. The molecule has 0 saturated heterocycles. The molecule has 0 aromatic rings. The Morgan fingerprint density at radius 3 is 2.09 bits per heavy atom. The van der Waals surface area contributed by atoms with Gasteiger partial charge < -0.3 is 8.85 Å². The summed E-state index contributed by atoms with van der Waals surface area (Å²) in [5.41, 5.74) is 0. The summed E-state index contributed by atoms with van der Waals surface area (Å²) in [4.78, 5) is 13.0. The van der Waals surface area contributed by atoms with Crippen LogP contribution < -0.4 is 0 Å². The van der Waals surface area contributed by atoms with E-state index in [-0.39, 0.29) is 34.1 Å². The normalized spacial score (nSPS) is 24.0. The Morgan fingerprint density at radius 1 is 1.03 bits per heavy atom. The maximum Gasteiger partial charge on any atom is 0.192 e. The lowest BCUT2D eigenvalue weighted by molar-refractivity contribution is -0.121. The highest BCUT2D eigenvalue weighted by Gasteiger charge is 2.47. The number of carbonyl (C=O) groups excluding carboxylic acids is 1. The Labute approximate surface area is 208 Å². The molecule has 1 rings (SSSR count). The van der Waals surface area contributed by atoms with Crippen LogP contribution >= 0.6 is 0 Å². The predicted molar refractivity (Wildman–Crippen MR) is 149 cm³/mol. The van der Waals surface area contributed by atoms with Gasteiger partial charge in [-0.3, -0.25) is 4.79 Å². The van der Waals surface area contributed by atoms with E-state index in [1.807, 2.05) is 6.08 Å². The lowest BCUT2D eigenvalue weighted by Crippen LogP contribution is -2.45. The molecule has 0 aliphatic heterocycles. The lowest BCUT2D eigenvalue weighted by atomic mass is 9.90. The van der Waals surface area contributed by atoms with E-state index in [1.165, 1.54) is 19.3 Å². The van der Waals surface area contributed by atoms with Crippen molar-refractivity contribution in [1.82, 2.24) is 0 Å². The zero-order valence-electron chi connectivity index (χ0n) is 23.7. The molecule has 0 aromatic carbocycles. The van der Waals surface area contributed by atoms with E-state index in [4.69, 9.17) is 8.85 Å². The zero-order chi connectivity index (χ0) is 25.7. The van der Waals surface area contributed by atoms with Crippen molar-refractivity contribution in [1.29, 1.82) is 0 Å². The highest BCUT2D eigenvalue weighted by Crippen LogP contribution is 2.43. The summed E-state index contributed by atoms with van der Waals surface area (Å²) in [5, 5.41) is 0.293. The topological polar surface area (TPSA) is 35.5 Å². The van der Waals surface area contributed by atoms with Crippen LogP contribution in [0.15, 0.2) is 24.8 Å². The monoisotopic (exact) mass is 494 g/mol. The van der Waals surface area contributed by atoms with Gasteiger partial charge in [0.15, 0.2) is 16.6 Å². The second kappa shape index (κ2) is 12.0. The Kier molecular flexibility index (Phi) is 11.1. The van der Waals surface area contributed by atoms with E-state index in [0.29, 0.717) is 12.2 Å². The summed E-state index contributed by atoms with van der Waals surface area (Å²) in [6, 6.07) is 0. The van der Waals surface area contributed by atoms with E-state index >= 15 is 0 Å². The number of allylic oxidation sites excluding steroid dienone is 1. The minimum Gasteiger partial charge on any atom is -0.413 e. The van der Waals surface area contributed by atoms with Gasteiger partial charge >= 0.3 is 0 Å². The van der Waals surface area contributed by atoms with E-state index in [0.717, 1.165) is 12.8 Å². The third kappa shape index (κ3) is 8.59. The van der Waals surface area contributed by atoms with E-state index in [9.17, 15) is 4.79 Å². The van der Waals surface area contributed by atoms with Crippen LogP contribution in [0.1, 0.15) is 87.0 Å². The molecule has 5 heteroatoms. The van der Waals surface area contributed by atoms with E-state index in [1.54, 1.807) is 0 Å². The molecule has 1 fully saturated rings. The molecule has 1 aliphatic rings. The maximum absolute atomic E-state index is 13.0. The van der Waals surface area contributed by atoms with Gasteiger partial charge in [-0.15, -0.1) is 6.58 Å². The summed E-state index contributed by atoms with van der Waals surface area (Å²) >= 11 is 0. The zero-order valence-corrected chi connectivity index (χ0v) is 25.7. The van der Waals surface area contributed by atoms with Crippen LogP contribution in [0.5, 0.6) is 0 Å². The quantitative estimate of drug-likeness (QED) is 0.155. The Bertz CT molecular complexity index is 668. The third-order valence-electron chi connectivity index (χ3n) is 8.28. The molecule has 0 heterocycles. The second-order valence-electron chi connectivity index (χ2n) is 13.1. The van der Waals surface area contributed by atoms with Crippen LogP contribution in [0.25, 0.3) is 0 Å². The highest BCUT2D eigenvalue weighted by atomic mass is 28.4. The van der Waals surface area contributed by atoms with Gasteiger partial charge in [0.05, 0.1) is 12.2 Å². The molecule has 0 bridgehead atoms. The van der Waals surface area contributed by atoms with Crippen molar-refractivity contribution >= 4 is 22.4 Å². The van der Waals surface area contributed by atoms with Gasteiger partial charge in [-0.2, -0.15) is 0 Å². The molecule has 4 atom stereocenters. The number of ketones is 1. The molecule has 0 aromatic heterocycles. The van der Waals surface area contributed by atoms with Gasteiger partial charge in [0.25, 0.3) is 0 Å². The van der Waals surface area contributed by atoms with Crippen LogP contribution in [-0.4, -0.2) is 34.6 Å². The SMILES string of the molecule is C=CCC1C(=O)CC(O[Si](C)(C)C(C)(C)C)C1/C=C/[C@@H](CCCCC)O[Si](C)(C)C(C)(C)C. The van der Waals surface area contributed by atoms with Crippen molar-refractivity contribution in [3.05, 3.63) is 24.8 Å². The number of hydrogen-bond acceptors (Lipinski definition) is 3. The number of unbranched alkanes of at least 4 members (excludes halogenated alkanes) is 2. The first-order chi connectivity index (χ1) is 15.0. The van der Waals surface area contributed by atoms with Crippen LogP contribution in [0.4, 0.5) is 0 Å². The number of Topliss-reactive ketones (excluding diaryl/α,β-unsaturated/α-hetero) is 1. The first-order valence-corrected chi connectivity index (χ1v) is 19.0. The van der Waals surface area contributed by atoms with Crippen LogP contribution in [0, 0.1) is 11.8 Å². The first kappa shape index (κ1) is 30.5. The summed E-state index contributed by atoms with van der Waals surface area (Å²) in [6.45, 7) is 29.1. The Balaban J connectivity index is 3.20. The van der Waals surface area contributed by atoms with Crippen LogP contribution in [0.2, 0.25) is 36.3 Å². The van der Waals surface area contributed by atoms with E-state index in [2.05, 4.69) is 93.4 Å². The van der Waals surface area contributed by atoms with Crippen molar-refractivity contribution in [3.63, 3.8) is 0 Å². The molecule has 192 valence electrons. The van der Waals surface area contributed by atoms with Gasteiger partial charge in [0.1, 0.15) is 5.78 Å². The van der Waals surface area contributed by atoms with Crippen molar-refractivity contribution in [3.8, 4) is 0 Å². The summed E-state index contributed by atoms with van der Waals surface area (Å²) in [6.07, 6.45) is 12.4. The van der Waals surface area contributed by atoms with Crippen molar-refractivity contribution in [2.75, 3.05) is 0 Å². The number of rotatable bonds is 12. The molecule has 3 unspecified atom stereocenters. The van der Waals surface area contributed by atoms with Gasteiger partial charge in [0, 0.05) is 18.3 Å². The van der Waals surface area contributed by atoms with Crippen molar-refractivity contribution in [2.45, 2.75) is 135 Å². The van der Waals surface area contributed by atoms with Crippen molar-refractivity contribution < 1.29 is 13.6 Å². The molecule has 3 nitrogen and oxygen atoms in total. The minimum atomic E-state index is -1.98. The molecule has 0 amide bonds. The van der Waals surface area contributed by atoms with E-state index < -0.39 is 16.6 Å². The maximum atomic E-state index is 13.0. The largest absolute Gasteiger partial charge is 0.413 e. The summed E-state index contributed by atoms with van der Waals surface area (Å²) in [7, 11) is -3.86. The molecular formula is C28H54O3Si2. The molecular weight excluding hydrogens is 440 g/mol. The molecule has 1 aliphatic carbocycles. The van der Waals surface area contributed by atoms with Crippen LogP contribution in [0.3, 0.4) is 0 Å². The van der Waals surface area contributed by atoms with Gasteiger partial charge in [0.2, 0.25) is 0 Å². The third-order valence-corrected chi connectivity index (χ3v) is 17.3. The van der Waals surface area contributed by atoms with Gasteiger partial charge in [-0.1, -0.05) is 86.0 Å². The summed E-state index contributed by atoms with van der Waals surface area (Å²) < 4.78 is 13.6. The molecule has 0 N–H and O–H groups in total. The summed E-state index contributed by atoms with van der Waals surface area (Å²) in [5.74, 6) is 0.389. The smallest absolute Gasteiger partial charge is 0.192 e. The van der Waals surface area contributed by atoms with Crippen LogP contribution in [-0.2, 0) is 13.6 Å². The Hall–Kier alpha value is -0.496. The molecule has 0 radical (unpaired) electrons. The Morgan fingerprint density at radius 2 is 1.61 bits per heavy atom. The standard InChI is InChI=1S/C28H54O3Si2/c1-13-15-16-18-22(30-32(9,10)27(3,4)5)19-20-24-23(17-14-2)25(29)21-26(24)31-33(11,12)28(6,7)8/h14,19-20,22-24,26H,2,13,15-18,21H2,1,3-12H3/b20-19+/t22-,23?,24?,26?/m1/s1. The molecule has 33 heavy (non-hydrogen) atoms. The molecule has 0 spiro atoms. The fourth-order valence-corrected chi connectivity index (χ4v) is 6.62. The second-order valence-corrected chi connectivity index (χ2v) is 22.6. The molecule has 1 saturated carbocycles. The number of carbonyl (C=O) groups is 1. The fourth-order valence-electron chi connectivity index (χ4n) is 3.96. The first-order valence-electron chi connectivity index (χ1n) is 13.1. The average molecular weight is 495 g/mol.